The molecule has 0 spiro atoms. The van der Waals surface area contributed by atoms with Crippen molar-refractivity contribution >= 4 is 11.4 Å². The molecule has 0 atom stereocenters. The Balaban J connectivity index is 2.24. The lowest BCUT2D eigenvalue weighted by atomic mass is 9.94. The summed E-state index contributed by atoms with van der Waals surface area (Å²) in [7, 11) is 0. The van der Waals surface area contributed by atoms with Gasteiger partial charge in [-0.2, -0.15) is 0 Å². The first kappa shape index (κ1) is 16.2. The van der Waals surface area contributed by atoms with Gasteiger partial charge in [-0.1, -0.05) is 47.6 Å². The second-order valence-corrected chi connectivity index (χ2v) is 5.57. The molecule has 0 aliphatic carbocycles. The van der Waals surface area contributed by atoms with Crippen LogP contribution in [-0.2, 0) is 0 Å². The molecular weight excluding hydrogens is 316 g/mol. The Kier molecular flexibility index (Phi) is 4.46. The van der Waals surface area contributed by atoms with Crippen LogP contribution < -0.4 is 0 Å². The predicted molar refractivity (Wildman–Crippen MR) is 97.5 cm³/mol. The van der Waals surface area contributed by atoms with Gasteiger partial charge in [0.1, 0.15) is 0 Å². The van der Waals surface area contributed by atoms with Crippen LogP contribution in [0, 0.1) is 17.0 Å². The van der Waals surface area contributed by atoms with E-state index in [0.29, 0.717) is 5.69 Å². The highest BCUT2D eigenvalue weighted by molar-refractivity contribution is 5.89. The van der Waals surface area contributed by atoms with Crippen molar-refractivity contribution in [3.8, 4) is 22.3 Å². The maximum atomic E-state index is 10.9. The van der Waals surface area contributed by atoms with Crippen LogP contribution in [-0.4, -0.2) is 4.92 Å². The number of aryl methyl sites for hydroxylation is 1. The minimum absolute atomic E-state index is 0.0185. The molecule has 0 saturated heterocycles. The highest BCUT2D eigenvalue weighted by Gasteiger charge is 2.13. The number of benzene rings is 3. The molecule has 3 aromatic rings. The Hall–Kier alpha value is -3.63. The smallest absolute Gasteiger partial charge is 0.258 e. The Morgan fingerprint density at radius 3 is 2.04 bits per heavy atom. The van der Waals surface area contributed by atoms with Crippen LogP contribution in [0.2, 0.25) is 0 Å². The first-order valence-electron chi connectivity index (χ1n) is 7.60. The minimum atomic E-state index is -0.441. The molecule has 0 aliphatic heterocycles. The van der Waals surface area contributed by atoms with E-state index < -0.39 is 4.92 Å². The zero-order chi connectivity index (χ0) is 17.8. The lowest BCUT2D eigenvalue weighted by Gasteiger charge is -2.13. The molecule has 6 nitrogen and oxygen atoms in total. The molecule has 6 heteroatoms. The summed E-state index contributed by atoms with van der Waals surface area (Å²) in [6.45, 7) is 1.96. The first-order valence-corrected chi connectivity index (χ1v) is 7.60. The van der Waals surface area contributed by atoms with Crippen molar-refractivity contribution in [1.29, 1.82) is 0 Å². The zero-order valence-corrected chi connectivity index (χ0v) is 13.5. The summed E-state index contributed by atoms with van der Waals surface area (Å²) in [5, 5.41) is 14.8. The fraction of sp³-hybridized carbons (Fsp3) is 0.0526. The van der Waals surface area contributed by atoms with Crippen LogP contribution >= 0.6 is 0 Å². The minimum Gasteiger partial charge on any atom is -0.258 e. The standard InChI is InChI=1S/C19H14N4O2/c1-13-11-17(14-5-3-2-4-6-14)19(21-22-20)18(12-13)15-7-9-16(10-8-15)23(24)25/h2-12H,1H3. The van der Waals surface area contributed by atoms with Gasteiger partial charge in [0.25, 0.3) is 5.69 Å². The van der Waals surface area contributed by atoms with Gasteiger partial charge in [0.2, 0.25) is 0 Å². The number of nitro groups is 1. The van der Waals surface area contributed by atoms with Crippen molar-refractivity contribution in [3.63, 3.8) is 0 Å². The zero-order valence-electron chi connectivity index (χ0n) is 13.5. The highest BCUT2D eigenvalue weighted by atomic mass is 16.6. The van der Waals surface area contributed by atoms with Crippen LogP contribution in [0.15, 0.2) is 71.8 Å². The van der Waals surface area contributed by atoms with E-state index in [1.54, 1.807) is 12.1 Å². The monoisotopic (exact) mass is 330 g/mol. The molecular formula is C19H14N4O2. The maximum Gasteiger partial charge on any atom is 0.269 e. The lowest BCUT2D eigenvalue weighted by molar-refractivity contribution is -0.384. The molecule has 3 rings (SSSR count). The second kappa shape index (κ2) is 6.86. The molecule has 25 heavy (non-hydrogen) atoms. The van der Waals surface area contributed by atoms with Gasteiger partial charge in [0, 0.05) is 17.0 Å². The van der Waals surface area contributed by atoms with E-state index in [9.17, 15) is 10.1 Å². The molecule has 0 aliphatic rings. The van der Waals surface area contributed by atoms with E-state index in [2.05, 4.69) is 10.0 Å². The Labute approximate surface area is 144 Å². The Morgan fingerprint density at radius 1 is 0.960 bits per heavy atom. The van der Waals surface area contributed by atoms with Gasteiger partial charge in [0.15, 0.2) is 0 Å². The topological polar surface area (TPSA) is 91.9 Å². The Bertz CT molecular complexity index is 976. The SMILES string of the molecule is Cc1cc(-c2ccccc2)c(N=[N+]=[N-])c(-c2ccc([N+](=O)[O-])cc2)c1. The van der Waals surface area contributed by atoms with Crippen LogP contribution in [0.5, 0.6) is 0 Å². The molecule has 0 radical (unpaired) electrons. The summed E-state index contributed by atoms with van der Waals surface area (Å²) < 4.78 is 0. The van der Waals surface area contributed by atoms with Crippen molar-refractivity contribution < 1.29 is 4.92 Å². The number of nitro benzene ring substituents is 1. The highest BCUT2D eigenvalue weighted by Crippen LogP contribution is 2.40. The summed E-state index contributed by atoms with van der Waals surface area (Å²) in [6.07, 6.45) is 0. The average Bonchev–Trinajstić information content (AvgIpc) is 2.64. The molecule has 3 aromatic carbocycles. The fourth-order valence-electron chi connectivity index (χ4n) is 2.75. The molecule has 0 amide bonds. The lowest BCUT2D eigenvalue weighted by Crippen LogP contribution is -1.89. The molecule has 0 aromatic heterocycles. The third-order valence-electron chi connectivity index (χ3n) is 3.87. The molecule has 0 unspecified atom stereocenters. The maximum absolute atomic E-state index is 10.9. The fourth-order valence-corrected chi connectivity index (χ4v) is 2.75. The summed E-state index contributed by atoms with van der Waals surface area (Å²) >= 11 is 0. The molecule has 0 fully saturated rings. The third-order valence-corrected chi connectivity index (χ3v) is 3.87. The summed E-state index contributed by atoms with van der Waals surface area (Å²) in [5.41, 5.74) is 13.8. The number of hydrogen-bond donors (Lipinski definition) is 0. The van der Waals surface area contributed by atoms with Crippen molar-refractivity contribution in [2.45, 2.75) is 6.92 Å². The average molecular weight is 330 g/mol. The van der Waals surface area contributed by atoms with E-state index in [-0.39, 0.29) is 5.69 Å². The van der Waals surface area contributed by atoms with E-state index in [4.69, 9.17) is 5.53 Å². The van der Waals surface area contributed by atoms with Gasteiger partial charge in [0.05, 0.1) is 10.6 Å². The van der Waals surface area contributed by atoms with Crippen LogP contribution in [0.25, 0.3) is 32.7 Å². The van der Waals surface area contributed by atoms with Crippen LogP contribution in [0.3, 0.4) is 0 Å². The van der Waals surface area contributed by atoms with Crippen molar-refractivity contribution in [2.75, 3.05) is 0 Å². The van der Waals surface area contributed by atoms with Crippen LogP contribution in [0.4, 0.5) is 11.4 Å². The van der Waals surface area contributed by atoms with E-state index >= 15 is 0 Å². The second-order valence-electron chi connectivity index (χ2n) is 5.57. The first-order chi connectivity index (χ1) is 12.1. The van der Waals surface area contributed by atoms with E-state index in [1.807, 2.05) is 49.4 Å². The van der Waals surface area contributed by atoms with Crippen molar-refractivity contribution in [1.82, 2.24) is 0 Å². The molecule has 0 bridgehead atoms. The third kappa shape index (κ3) is 3.34. The van der Waals surface area contributed by atoms with E-state index in [0.717, 1.165) is 27.8 Å². The molecule has 122 valence electrons. The van der Waals surface area contributed by atoms with E-state index in [1.165, 1.54) is 12.1 Å². The van der Waals surface area contributed by atoms with Gasteiger partial charge in [-0.05, 0) is 52.4 Å². The summed E-state index contributed by atoms with van der Waals surface area (Å²) in [6, 6.07) is 19.8. The molecule has 0 N–H and O–H groups in total. The summed E-state index contributed by atoms with van der Waals surface area (Å²) in [4.78, 5) is 13.4. The number of hydrogen-bond acceptors (Lipinski definition) is 3. The normalized spacial score (nSPS) is 10.1. The predicted octanol–water partition coefficient (Wildman–Crippen LogP) is 6.18. The van der Waals surface area contributed by atoms with Gasteiger partial charge < -0.3 is 0 Å². The van der Waals surface area contributed by atoms with Crippen molar-refractivity contribution in [2.24, 2.45) is 5.11 Å². The number of rotatable bonds is 4. The number of azide groups is 1. The molecule has 0 saturated carbocycles. The largest absolute Gasteiger partial charge is 0.269 e. The number of nitrogens with zero attached hydrogens (tertiary/aromatic N) is 4. The van der Waals surface area contributed by atoms with Gasteiger partial charge >= 0.3 is 0 Å². The number of non-ortho nitro benzene ring substituents is 1. The van der Waals surface area contributed by atoms with Crippen LogP contribution in [0.1, 0.15) is 5.56 Å². The van der Waals surface area contributed by atoms with Crippen molar-refractivity contribution in [3.05, 3.63) is 92.9 Å². The quantitative estimate of drug-likeness (QED) is 0.188. The van der Waals surface area contributed by atoms with Gasteiger partial charge in [-0.15, -0.1) is 0 Å². The summed E-state index contributed by atoms with van der Waals surface area (Å²) in [5.74, 6) is 0. The van der Waals surface area contributed by atoms with Gasteiger partial charge in [-0.25, -0.2) is 0 Å². The molecule has 0 heterocycles. The van der Waals surface area contributed by atoms with Gasteiger partial charge in [-0.3, -0.25) is 10.1 Å². The Morgan fingerprint density at radius 2 is 1.52 bits per heavy atom.